The van der Waals surface area contributed by atoms with Crippen LogP contribution in [0.2, 0.25) is 0 Å². The number of nitrogens with one attached hydrogen (secondary N) is 2. The van der Waals surface area contributed by atoms with E-state index in [1.165, 1.54) is 11.8 Å². The molecule has 2 amide bonds. The zero-order chi connectivity index (χ0) is 21.6. The van der Waals surface area contributed by atoms with Gasteiger partial charge in [-0.05, 0) is 54.8 Å². The maximum Gasteiger partial charge on any atom is 0.252 e. The molecule has 0 spiro atoms. The van der Waals surface area contributed by atoms with E-state index < -0.39 is 0 Å². The molecule has 0 atom stereocenters. The molecule has 0 radical (unpaired) electrons. The molecular weight excluding hydrogens is 406 g/mol. The third-order valence-corrected chi connectivity index (χ3v) is 6.09. The third kappa shape index (κ3) is 5.33. The molecule has 0 saturated heterocycles. The Morgan fingerprint density at radius 3 is 2.29 bits per heavy atom. The standard InChI is InChI=1S/C25H21N3O2S/c26-15-19-5-1-3-7-22(19)31-23-8-4-2-6-21(23)25(30)27-16-17-9-11-18(12-10-17)24(29)28-20-13-14-20/h1-12,20H,13-14,16H2,(H,27,30)(H,28,29). The van der Waals surface area contributed by atoms with Gasteiger partial charge in [0.2, 0.25) is 0 Å². The number of nitrogens with zero attached hydrogens (tertiary/aromatic N) is 1. The van der Waals surface area contributed by atoms with E-state index >= 15 is 0 Å². The quantitative estimate of drug-likeness (QED) is 0.580. The summed E-state index contributed by atoms with van der Waals surface area (Å²) in [7, 11) is 0. The van der Waals surface area contributed by atoms with Gasteiger partial charge in [-0.1, -0.05) is 48.2 Å². The monoisotopic (exact) mass is 427 g/mol. The zero-order valence-corrected chi connectivity index (χ0v) is 17.6. The molecule has 154 valence electrons. The van der Waals surface area contributed by atoms with Crippen molar-refractivity contribution >= 4 is 23.6 Å². The van der Waals surface area contributed by atoms with Crippen LogP contribution in [0, 0.1) is 11.3 Å². The van der Waals surface area contributed by atoms with Gasteiger partial charge in [-0.2, -0.15) is 5.26 Å². The fourth-order valence-electron chi connectivity index (χ4n) is 3.06. The fourth-order valence-corrected chi connectivity index (χ4v) is 4.08. The van der Waals surface area contributed by atoms with Crippen molar-refractivity contribution < 1.29 is 9.59 Å². The highest BCUT2D eigenvalue weighted by Gasteiger charge is 2.23. The average molecular weight is 428 g/mol. The first-order valence-electron chi connectivity index (χ1n) is 10.1. The minimum atomic E-state index is -0.187. The van der Waals surface area contributed by atoms with E-state index in [-0.39, 0.29) is 11.8 Å². The SMILES string of the molecule is N#Cc1ccccc1Sc1ccccc1C(=O)NCc1ccc(C(=O)NC2CC2)cc1. The van der Waals surface area contributed by atoms with Gasteiger partial charge in [0.15, 0.2) is 0 Å². The molecule has 1 aliphatic carbocycles. The van der Waals surface area contributed by atoms with Crippen LogP contribution in [0.1, 0.15) is 44.7 Å². The molecule has 0 heterocycles. The van der Waals surface area contributed by atoms with Crippen molar-refractivity contribution in [2.75, 3.05) is 0 Å². The predicted molar refractivity (Wildman–Crippen MR) is 120 cm³/mol. The lowest BCUT2D eigenvalue weighted by Gasteiger charge is -2.11. The lowest BCUT2D eigenvalue weighted by Crippen LogP contribution is -2.25. The van der Waals surface area contributed by atoms with Gasteiger partial charge in [0.05, 0.1) is 11.1 Å². The zero-order valence-electron chi connectivity index (χ0n) is 16.8. The maximum atomic E-state index is 12.8. The van der Waals surface area contributed by atoms with E-state index in [9.17, 15) is 14.9 Å². The molecule has 5 nitrogen and oxygen atoms in total. The lowest BCUT2D eigenvalue weighted by atomic mass is 10.1. The Bertz CT molecular complexity index is 1150. The first-order valence-corrected chi connectivity index (χ1v) is 10.9. The molecule has 0 aliphatic heterocycles. The van der Waals surface area contributed by atoms with E-state index in [4.69, 9.17) is 0 Å². The minimum Gasteiger partial charge on any atom is -0.349 e. The number of benzene rings is 3. The van der Waals surface area contributed by atoms with Crippen LogP contribution >= 0.6 is 11.8 Å². The molecule has 1 fully saturated rings. The molecule has 4 rings (SSSR count). The van der Waals surface area contributed by atoms with Crippen LogP contribution in [0.25, 0.3) is 0 Å². The summed E-state index contributed by atoms with van der Waals surface area (Å²) in [5, 5.41) is 15.2. The van der Waals surface area contributed by atoms with Gasteiger partial charge >= 0.3 is 0 Å². The number of hydrogen-bond donors (Lipinski definition) is 2. The maximum absolute atomic E-state index is 12.8. The van der Waals surface area contributed by atoms with Crippen LogP contribution in [0.3, 0.4) is 0 Å². The normalized spacial score (nSPS) is 12.6. The molecule has 3 aromatic carbocycles. The van der Waals surface area contributed by atoms with Crippen molar-refractivity contribution in [3.8, 4) is 6.07 Å². The molecular formula is C25H21N3O2S. The van der Waals surface area contributed by atoms with E-state index in [1.807, 2.05) is 48.5 Å². The molecule has 1 aliphatic rings. The van der Waals surface area contributed by atoms with Crippen LogP contribution in [0.5, 0.6) is 0 Å². The number of carbonyl (C=O) groups excluding carboxylic acids is 2. The number of nitriles is 1. The van der Waals surface area contributed by atoms with Gasteiger partial charge in [0.25, 0.3) is 11.8 Å². The second-order valence-corrected chi connectivity index (χ2v) is 8.42. The molecule has 1 saturated carbocycles. The fraction of sp³-hybridized carbons (Fsp3) is 0.160. The van der Waals surface area contributed by atoms with Crippen molar-refractivity contribution in [3.05, 3.63) is 95.1 Å². The molecule has 6 heteroatoms. The Balaban J connectivity index is 1.41. The number of amides is 2. The largest absolute Gasteiger partial charge is 0.349 e. The summed E-state index contributed by atoms with van der Waals surface area (Å²) < 4.78 is 0. The minimum absolute atomic E-state index is 0.0540. The Morgan fingerprint density at radius 2 is 1.58 bits per heavy atom. The van der Waals surface area contributed by atoms with Crippen molar-refractivity contribution in [1.82, 2.24) is 10.6 Å². The molecule has 0 aromatic heterocycles. The second kappa shape index (κ2) is 9.50. The molecule has 31 heavy (non-hydrogen) atoms. The van der Waals surface area contributed by atoms with Crippen LogP contribution in [-0.2, 0) is 6.54 Å². The van der Waals surface area contributed by atoms with Gasteiger partial charge in [0.1, 0.15) is 6.07 Å². The van der Waals surface area contributed by atoms with Gasteiger partial charge in [-0.25, -0.2) is 0 Å². The highest BCUT2D eigenvalue weighted by atomic mass is 32.2. The summed E-state index contributed by atoms with van der Waals surface area (Å²) in [6, 6.07) is 24.5. The molecule has 0 unspecified atom stereocenters. The smallest absolute Gasteiger partial charge is 0.252 e. The summed E-state index contributed by atoms with van der Waals surface area (Å²) in [6.07, 6.45) is 2.11. The van der Waals surface area contributed by atoms with E-state index in [2.05, 4.69) is 16.7 Å². The number of rotatable bonds is 7. The topological polar surface area (TPSA) is 82.0 Å². The van der Waals surface area contributed by atoms with Gasteiger partial charge in [-0.3, -0.25) is 9.59 Å². The highest BCUT2D eigenvalue weighted by molar-refractivity contribution is 7.99. The lowest BCUT2D eigenvalue weighted by molar-refractivity contribution is 0.0940. The van der Waals surface area contributed by atoms with Crippen molar-refractivity contribution in [2.45, 2.75) is 35.2 Å². The van der Waals surface area contributed by atoms with E-state index in [1.54, 1.807) is 24.3 Å². The summed E-state index contributed by atoms with van der Waals surface area (Å²) in [4.78, 5) is 26.5. The van der Waals surface area contributed by atoms with Gasteiger partial charge in [-0.15, -0.1) is 0 Å². The number of hydrogen-bond acceptors (Lipinski definition) is 4. The molecule has 2 N–H and O–H groups in total. The first kappa shape index (κ1) is 20.7. The summed E-state index contributed by atoms with van der Waals surface area (Å²) in [5.74, 6) is -0.241. The van der Waals surface area contributed by atoms with E-state index in [0.29, 0.717) is 29.3 Å². The third-order valence-electron chi connectivity index (χ3n) is 4.94. The van der Waals surface area contributed by atoms with E-state index in [0.717, 1.165) is 28.2 Å². The average Bonchev–Trinajstić information content (AvgIpc) is 3.62. The Labute approximate surface area is 185 Å². The Morgan fingerprint density at radius 1 is 0.903 bits per heavy atom. The van der Waals surface area contributed by atoms with Gasteiger partial charge in [0, 0.05) is 27.9 Å². The van der Waals surface area contributed by atoms with Crippen LogP contribution in [-0.4, -0.2) is 17.9 Å². The Hall–Kier alpha value is -3.56. The summed E-state index contributed by atoms with van der Waals surface area (Å²) in [5.41, 5.74) is 2.67. The van der Waals surface area contributed by atoms with Crippen molar-refractivity contribution in [1.29, 1.82) is 5.26 Å². The van der Waals surface area contributed by atoms with Crippen LogP contribution in [0.15, 0.2) is 82.6 Å². The second-order valence-electron chi connectivity index (χ2n) is 7.33. The predicted octanol–water partition coefficient (Wildman–Crippen LogP) is 4.53. The summed E-state index contributed by atoms with van der Waals surface area (Å²) >= 11 is 1.40. The van der Waals surface area contributed by atoms with Crippen LogP contribution < -0.4 is 10.6 Å². The Kier molecular flexibility index (Phi) is 6.34. The van der Waals surface area contributed by atoms with Crippen LogP contribution in [0.4, 0.5) is 0 Å². The van der Waals surface area contributed by atoms with Crippen molar-refractivity contribution in [3.63, 3.8) is 0 Å². The number of carbonyl (C=O) groups is 2. The van der Waals surface area contributed by atoms with Gasteiger partial charge < -0.3 is 10.6 Å². The molecule has 0 bridgehead atoms. The molecule has 3 aromatic rings. The van der Waals surface area contributed by atoms with Crippen molar-refractivity contribution in [2.24, 2.45) is 0 Å². The first-order chi connectivity index (χ1) is 15.1. The summed E-state index contributed by atoms with van der Waals surface area (Å²) in [6.45, 7) is 0.358. The highest BCUT2D eigenvalue weighted by Crippen LogP contribution is 2.32.